The van der Waals surface area contributed by atoms with Crippen molar-refractivity contribution in [2.24, 2.45) is 0 Å². The Hall–Kier alpha value is -2.32. The highest BCUT2D eigenvalue weighted by molar-refractivity contribution is 9.10. The van der Waals surface area contributed by atoms with Crippen molar-refractivity contribution in [1.29, 1.82) is 0 Å². The van der Waals surface area contributed by atoms with Crippen LogP contribution in [0.3, 0.4) is 0 Å². The van der Waals surface area contributed by atoms with E-state index in [-0.39, 0.29) is 18.8 Å². The molecule has 0 aliphatic heterocycles. The quantitative estimate of drug-likeness (QED) is 0.459. The Labute approximate surface area is 173 Å². The highest BCUT2D eigenvalue weighted by Gasteiger charge is 2.10. The monoisotopic (exact) mass is 451 g/mol. The molecular formula is C19H26BrN5O3. The lowest BCUT2D eigenvalue weighted by Gasteiger charge is -2.16. The van der Waals surface area contributed by atoms with Crippen LogP contribution in [0.15, 0.2) is 28.9 Å². The summed E-state index contributed by atoms with van der Waals surface area (Å²) in [5.41, 5.74) is 3.44. The first kappa shape index (κ1) is 23.7. The van der Waals surface area contributed by atoms with E-state index in [0.717, 1.165) is 29.7 Å². The first-order valence-electron chi connectivity index (χ1n) is 8.95. The van der Waals surface area contributed by atoms with E-state index in [1.807, 2.05) is 13.0 Å². The molecular weight excluding hydrogens is 426 g/mol. The molecule has 0 spiro atoms. The van der Waals surface area contributed by atoms with Crippen LogP contribution in [0.5, 0.6) is 0 Å². The summed E-state index contributed by atoms with van der Waals surface area (Å²) >= 11 is 3.45. The van der Waals surface area contributed by atoms with Gasteiger partial charge in [0.05, 0.1) is 17.1 Å². The maximum Gasteiger partial charge on any atom is 0.373 e. The molecule has 0 saturated heterocycles. The Balaban J connectivity index is 0.00000122. The van der Waals surface area contributed by atoms with Crippen LogP contribution in [0, 0.1) is 6.92 Å². The number of hydrogen-bond acceptors (Lipinski definition) is 8. The van der Waals surface area contributed by atoms with Gasteiger partial charge in [0, 0.05) is 18.4 Å². The van der Waals surface area contributed by atoms with Gasteiger partial charge in [0.2, 0.25) is 5.95 Å². The molecule has 2 rings (SSSR count). The zero-order chi connectivity index (χ0) is 20.9. The van der Waals surface area contributed by atoms with Gasteiger partial charge in [-0.1, -0.05) is 19.9 Å². The second-order valence-electron chi connectivity index (χ2n) is 5.95. The van der Waals surface area contributed by atoms with Gasteiger partial charge < -0.3 is 21.1 Å². The number of aromatic nitrogens is 2. The minimum Gasteiger partial charge on any atom is -0.394 e. The largest absolute Gasteiger partial charge is 0.394 e. The summed E-state index contributed by atoms with van der Waals surface area (Å²) in [6.07, 6.45) is 2.76. The van der Waals surface area contributed by atoms with E-state index in [2.05, 4.69) is 67.8 Å². The number of aryl methyl sites for hydroxylation is 1. The molecule has 0 aliphatic carbocycles. The van der Waals surface area contributed by atoms with Gasteiger partial charge in [-0.05, 0) is 59.1 Å². The van der Waals surface area contributed by atoms with E-state index in [1.165, 1.54) is 11.1 Å². The van der Waals surface area contributed by atoms with Gasteiger partial charge >= 0.3 is 6.15 Å². The topological polar surface area (TPSA) is 116 Å². The number of halogens is 1. The number of rotatable bonds is 9. The molecule has 1 aromatic carbocycles. The zero-order valence-corrected chi connectivity index (χ0v) is 17.8. The first-order chi connectivity index (χ1) is 13.5. The van der Waals surface area contributed by atoms with E-state index < -0.39 is 0 Å². The van der Waals surface area contributed by atoms with Gasteiger partial charge in [0.15, 0.2) is 0 Å². The van der Waals surface area contributed by atoms with Crippen LogP contribution in [-0.2, 0) is 16.1 Å². The Morgan fingerprint density at radius 3 is 2.61 bits per heavy atom. The van der Waals surface area contributed by atoms with Crippen LogP contribution in [0.4, 0.5) is 17.5 Å². The lowest BCUT2D eigenvalue weighted by Crippen LogP contribution is -2.23. The molecule has 9 heteroatoms. The predicted molar refractivity (Wildman–Crippen MR) is 111 cm³/mol. The van der Waals surface area contributed by atoms with Crippen molar-refractivity contribution in [2.45, 2.75) is 39.8 Å². The summed E-state index contributed by atoms with van der Waals surface area (Å²) in [6.45, 7) is 8.04. The highest BCUT2D eigenvalue weighted by Crippen LogP contribution is 2.24. The molecule has 28 heavy (non-hydrogen) atoms. The van der Waals surface area contributed by atoms with Crippen molar-refractivity contribution in [1.82, 2.24) is 15.3 Å². The SMILES string of the molecule is CCNCc1cc(Nc2ncc(Br)c(NC(CC)CO)n2)ccc1C.O=C=O. The summed E-state index contributed by atoms with van der Waals surface area (Å²) in [7, 11) is 0. The number of benzene rings is 1. The lowest BCUT2D eigenvalue weighted by atomic mass is 10.1. The van der Waals surface area contributed by atoms with Crippen molar-refractivity contribution in [3.05, 3.63) is 40.0 Å². The van der Waals surface area contributed by atoms with Crippen LogP contribution in [0.2, 0.25) is 0 Å². The number of carbonyl (C=O) groups excluding carboxylic acids is 2. The fourth-order valence-corrected chi connectivity index (χ4v) is 2.63. The summed E-state index contributed by atoms with van der Waals surface area (Å²) in [5.74, 6) is 1.18. The molecule has 8 nitrogen and oxygen atoms in total. The third-order valence-electron chi connectivity index (χ3n) is 3.97. The second-order valence-corrected chi connectivity index (χ2v) is 6.81. The summed E-state index contributed by atoms with van der Waals surface area (Å²) < 4.78 is 0.765. The van der Waals surface area contributed by atoms with Gasteiger partial charge in [-0.15, -0.1) is 0 Å². The van der Waals surface area contributed by atoms with Gasteiger partial charge in [0.25, 0.3) is 0 Å². The molecule has 1 aromatic heterocycles. The Morgan fingerprint density at radius 1 is 1.29 bits per heavy atom. The van der Waals surface area contributed by atoms with Gasteiger partial charge in [-0.3, -0.25) is 0 Å². The maximum atomic E-state index is 9.37. The number of aliphatic hydroxyl groups excluding tert-OH is 1. The summed E-state index contributed by atoms with van der Waals surface area (Å²) in [6, 6.07) is 6.18. The fourth-order valence-electron chi connectivity index (χ4n) is 2.33. The van der Waals surface area contributed by atoms with Crippen molar-refractivity contribution in [3.63, 3.8) is 0 Å². The predicted octanol–water partition coefficient (Wildman–Crippen LogP) is 3.00. The van der Waals surface area contributed by atoms with Crippen LogP contribution >= 0.6 is 15.9 Å². The number of hydrogen-bond donors (Lipinski definition) is 4. The van der Waals surface area contributed by atoms with E-state index in [9.17, 15) is 5.11 Å². The molecule has 0 amide bonds. The molecule has 0 saturated carbocycles. The van der Waals surface area contributed by atoms with Crippen molar-refractivity contribution >= 4 is 39.5 Å². The number of nitrogens with zero attached hydrogens (tertiary/aromatic N) is 2. The van der Waals surface area contributed by atoms with Gasteiger partial charge in [0.1, 0.15) is 5.82 Å². The molecule has 0 bridgehead atoms. The molecule has 0 fully saturated rings. The number of nitrogens with one attached hydrogen (secondary N) is 3. The van der Waals surface area contributed by atoms with Crippen molar-refractivity contribution < 1.29 is 14.7 Å². The van der Waals surface area contributed by atoms with E-state index >= 15 is 0 Å². The van der Waals surface area contributed by atoms with Crippen molar-refractivity contribution in [2.75, 3.05) is 23.8 Å². The van der Waals surface area contributed by atoms with Crippen LogP contribution in [0.25, 0.3) is 0 Å². The summed E-state index contributed by atoms with van der Waals surface area (Å²) in [4.78, 5) is 25.1. The average Bonchev–Trinajstić information content (AvgIpc) is 2.69. The standard InChI is InChI=1S/C18H26BrN5O.CO2/c1-4-14(11-25)22-17-16(19)10-21-18(24-17)23-15-7-6-12(3)13(8-15)9-20-5-2;2-1-3/h6-8,10,14,20,25H,4-5,9,11H2,1-3H3,(H2,21,22,23,24);. The normalized spacial score (nSPS) is 11.0. The smallest absolute Gasteiger partial charge is 0.373 e. The molecule has 2 aromatic rings. The molecule has 1 heterocycles. The molecule has 152 valence electrons. The average molecular weight is 452 g/mol. The fraction of sp³-hybridized carbons (Fsp3) is 0.421. The molecule has 0 aliphatic rings. The first-order valence-corrected chi connectivity index (χ1v) is 9.74. The van der Waals surface area contributed by atoms with Crippen molar-refractivity contribution in [3.8, 4) is 0 Å². The highest BCUT2D eigenvalue weighted by atomic mass is 79.9. The molecule has 1 unspecified atom stereocenters. The summed E-state index contributed by atoms with van der Waals surface area (Å²) in [5, 5.41) is 19.2. The zero-order valence-electron chi connectivity index (χ0n) is 16.3. The van der Waals surface area contributed by atoms with E-state index in [1.54, 1.807) is 6.20 Å². The van der Waals surface area contributed by atoms with E-state index in [0.29, 0.717) is 11.8 Å². The Kier molecular flexibility index (Phi) is 11.0. The second kappa shape index (κ2) is 13.0. The molecule has 1 atom stereocenters. The van der Waals surface area contributed by atoms with Crippen LogP contribution < -0.4 is 16.0 Å². The van der Waals surface area contributed by atoms with Gasteiger partial charge in [-0.2, -0.15) is 14.6 Å². The third-order valence-corrected chi connectivity index (χ3v) is 4.55. The third kappa shape index (κ3) is 7.74. The molecule has 0 radical (unpaired) electrons. The Bertz CT molecular complexity index is 778. The Morgan fingerprint density at radius 2 is 2.00 bits per heavy atom. The maximum absolute atomic E-state index is 9.37. The molecule has 4 N–H and O–H groups in total. The van der Waals surface area contributed by atoms with Crippen LogP contribution in [-0.4, -0.2) is 40.4 Å². The number of anilines is 3. The van der Waals surface area contributed by atoms with Gasteiger partial charge in [-0.25, -0.2) is 4.98 Å². The van der Waals surface area contributed by atoms with Crippen LogP contribution in [0.1, 0.15) is 31.4 Å². The minimum atomic E-state index is -0.0369. The number of aliphatic hydroxyl groups is 1. The minimum absolute atomic E-state index is 0.0369. The lowest BCUT2D eigenvalue weighted by molar-refractivity contribution is -0.191. The van der Waals surface area contributed by atoms with E-state index in [4.69, 9.17) is 9.59 Å².